The van der Waals surface area contributed by atoms with Crippen LogP contribution in [0.1, 0.15) is 13.8 Å². The normalized spacial score (nSPS) is 33.2. The van der Waals surface area contributed by atoms with E-state index in [0.29, 0.717) is 0 Å². The third-order valence-electron chi connectivity index (χ3n) is 3.51. The number of likely N-dealkylation sites (N-methyl/N-ethyl adjacent to an activating group) is 1. The van der Waals surface area contributed by atoms with Crippen LogP contribution in [0.2, 0.25) is 0 Å². The Balaban J connectivity index is 2.14. The second kappa shape index (κ2) is 5.63. The maximum absolute atomic E-state index is 6.26. The number of morpholine rings is 1. The summed E-state index contributed by atoms with van der Waals surface area (Å²) in [4.78, 5) is 4.73. The van der Waals surface area contributed by atoms with Crippen molar-refractivity contribution >= 4 is 0 Å². The fourth-order valence-electron chi connectivity index (χ4n) is 2.66. The highest BCUT2D eigenvalue weighted by Gasteiger charge is 2.44. The van der Waals surface area contributed by atoms with Crippen molar-refractivity contribution in [3.8, 4) is 0 Å². The highest BCUT2D eigenvalue weighted by Crippen LogP contribution is 2.25. The molecule has 0 bridgehead atoms. The SMILES string of the molecule is CC(C)OC1(N2CCOCC2)CNCCN1C. The first-order valence-corrected chi connectivity index (χ1v) is 6.58. The van der Waals surface area contributed by atoms with Gasteiger partial charge in [-0.25, -0.2) is 0 Å². The monoisotopic (exact) mass is 243 g/mol. The molecule has 2 fully saturated rings. The van der Waals surface area contributed by atoms with E-state index in [2.05, 4.69) is 36.0 Å². The number of nitrogens with one attached hydrogen (secondary N) is 1. The van der Waals surface area contributed by atoms with Gasteiger partial charge in [0.2, 0.25) is 0 Å². The molecule has 5 nitrogen and oxygen atoms in total. The van der Waals surface area contributed by atoms with Gasteiger partial charge in [0.05, 0.1) is 25.9 Å². The van der Waals surface area contributed by atoms with Crippen molar-refractivity contribution in [2.45, 2.75) is 25.8 Å². The molecule has 0 spiro atoms. The predicted molar refractivity (Wildman–Crippen MR) is 66.8 cm³/mol. The van der Waals surface area contributed by atoms with E-state index in [1.165, 1.54) is 0 Å². The maximum atomic E-state index is 6.26. The van der Waals surface area contributed by atoms with E-state index < -0.39 is 0 Å². The van der Waals surface area contributed by atoms with Crippen molar-refractivity contribution in [2.24, 2.45) is 0 Å². The first-order valence-electron chi connectivity index (χ1n) is 6.58. The number of hydrogen-bond donors (Lipinski definition) is 1. The molecular weight excluding hydrogens is 218 g/mol. The fraction of sp³-hybridized carbons (Fsp3) is 1.00. The van der Waals surface area contributed by atoms with Gasteiger partial charge in [-0.3, -0.25) is 9.80 Å². The van der Waals surface area contributed by atoms with Gasteiger partial charge in [-0.1, -0.05) is 0 Å². The lowest BCUT2D eigenvalue weighted by atomic mass is 10.2. The zero-order valence-electron chi connectivity index (χ0n) is 11.2. The van der Waals surface area contributed by atoms with Gasteiger partial charge in [0, 0.05) is 26.2 Å². The van der Waals surface area contributed by atoms with Gasteiger partial charge >= 0.3 is 0 Å². The molecule has 2 rings (SSSR count). The second-order valence-corrected chi connectivity index (χ2v) is 5.11. The summed E-state index contributed by atoms with van der Waals surface area (Å²) in [5.41, 5.74) is 0. The van der Waals surface area contributed by atoms with Crippen molar-refractivity contribution in [1.82, 2.24) is 15.1 Å². The van der Waals surface area contributed by atoms with Crippen LogP contribution in [0, 0.1) is 0 Å². The maximum Gasteiger partial charge on any atom is 0.192 e. The third kappa shape index (κ3) is 2.80. The summed E-state index contributed by atoms with van der Waals surface area (Å²) >= 11 is 0. The molecule has 1 N–H and O–H groups in total. The quantitative estimate of drug-likeness (QED) is 0.751. The molecule has 17 heavy (non-hydrogen) atoms. The Morgan fingerprint density at radius 3 is 2.53 bits per heavy atom. The average molecular weight is 243 g/mol. The Morgan fingerprint density at radius 2 is 1.94 bits per heavy atom. The topological polar surface area (TPSA) is 37.0 Å². The third-order valence-corrected chi connectivity index (χ3v) is 3.51. The molecule has 2 aliphatic heterocycles. The van der Waals surface area contributed by atoms with Gasteiger partial charge in [-0.2, -0.15) is 0 Å². The average Bonchev–Trinajstić information content (AvgIpc) is 2.33. The van der Waals surface area contributed by atoms with Crippen LogP contribution in [0.3, 0.4) is 0 Å². The highest BCUT2D eigenvalue weighted by atomic mass is 16.5. The predicted octanol–water partition coefficient (Wildman–Crippen LogP) is -0.0676. The van der Waals surface area contributed by atoms with Crippen molar-refractivity contribution < 1.29 is 9.47 Å². The molecule has 0 radical (unpaired) electrons. The van der Waals surface area contributed by atoms with Gasteiger partial charge in [0.25, 0.3) is 0 Å². The van der Waals surface area contributed by atoms with Gasteiger partial charge in [-0.05, 0) is 20.9 Å². The minimum absolute atomic E-state index is 0.222. The summed E-state index contributed by atoms with van der Waals surface area (Å²) in [5.74, 6) is -0.295. The minimum Gasteiger partial charge on any atom is -0.379 e. The first-order chi connectivity index (χ1) is 8.15. The molecule has 0 aliphatic carbocycles. The molecule has 0 amide bonds. The van der Waals surface area contributed by atoms with Crippen molar-refractivity contribution in [1.29, 1.82) is 0 Å². The Labute approximate surface area is 104 Å². The molecule has 100 valence electrons. The van der Waals surface area contributed by atoms with Crippen LogP contribution in [-0.2, 0) is 9.47 Å². The Kier molecular flexibility index (Phi) is 4.38. The summed E-state index contributed by atoms with van der Waals surface area (Å²) in [6.07, 6.45) is 0.222. The fourth-order valence-corrected chi connectivity index (χ4v) is 2.66. The summed E-state index contributed by atoms with van der Waals surface area (Å²) in [7, 11) is 2.15. The molecule has 1 atom stereocenters. The number of ether oxygens (including phenoxy) is 2. The van der Waals surface area contributed by atoms with Gasteiger partial charge in [0.15, 0.2) is 5.85 Å². The summed E-state index contributed by atoms with van der Waals surface area (Å²) in [5, 5.41) is 3.46. The molecule has 0 aromatic heterocycles. The van der Waals surface area contributed by atoms with E-state index in [-0.39, 0.29) is 12.0 Å². The van der Waals surface area contributed by atoms with Gasteiger partial charge in [-0.15, -0.1) is 0 Å². The van der Waals surface area contributed by atoms with Crippen molar-refractivity contribution in [3.63, 3.8) is 0 Å². The molecule has 2 saturated heterocycles. The van der Waals surface area contributed by atoms with Crippen LogP contribution in [0.15, 0.2) is 0 Å². The van der Waals surface area contributed by atoms with E-state index in [0.717, 1.165) is 45.9 Å². The zero-order valence-corrected chi connectivity index (χ0v) is 11.2. The molecule has 2 heterocycles. The number of rotatable bonds is 3. The van der Waals surface area contributed by atoms with Gasteiger partial charge < -0.3 is 14.8 Å². The number of hydrogen-bond acceptors (Lipinski definition) is 5. The van der Waals surface area contributed by atoms with E-state index >= 15 is 0 Å². The lowest BCUT2D eigenvalue weighted by molar-refractivity contribution is -0.274. The second-order valence-electron chi connectivity index (χ2n) is 5.11. The lowest BCUT2D eigenvalue weighted by Gasteiger charge is -2.53. The van der Waals surface area contributed by atoms with E-state index in [4.69, 9.17) is 9.47 Å². The molecule has 0 saturated carbocycles. The Bertz CT molecular complexity index is 244. The van der Waals surface area contributed by atoms with Crippen LogP contribution >= 0.6 is 0 Å². The molecule has 0 aromatic rings. The lowest BCUT2D eigenvalue weighted by Crippen LogP contribution is -2.71. The first kappa shape index (κ1) is 13.2. The van der Waals surface area contributed by atoms with Crippen LogP contribution in [0.5, 0.6) is 0 Å². The molecule has 5 heteroatoms. The number of nitrogens with zero attached hydrogens (tertiary/aromatic N) is 2. The van der Waals surface area contributed by atoms with E-state index in [9.17, 15) is 0 Å². The molecule has 0 aromatic carbocycles. The Hall–Kier alpha value is -0.200. The summed E-state index contributed by atoms with van der Waals surface area (Å²) < 4.78 is 11.7. The summed E-state index contributed by atoms with van der Waals surface area (Å²) in [6.45, 7) is 10.6. The van der Waals surface area contributed by atoms with Crippen LogP contribution in [-0.4, -0.2) is 74.7 Å². The highest BCUT2D eigenvalue weighted by molar-refractivity contribution is 4.88. The number of piperazine rings is 1. The van der Waals surface area contributed by atoms with E-state index in [1.54, 1.807) is 0 Å². The summed E-state index contributed by atoms with van der Waals surface area (Å²) in [6, 6.07) is 0. The van der Waals surface area contributed by atoms with Gasteiger partial charge in [0.1, 0.15) is 0 Å². The zero-order chi connectivity index (χ0) is 12.3. The minimum atomic E-state index is -0.295. The van der Waals surface area contributed by atoms with Crippen LogP contribution in [0.4, 0.5) is 0 Å². The molecular formula is C12H25N3O2. The standard InChI is InChI=1S/C12H25N3O2/c1-11(2)17-12(10-13-4-5-14(12)3)15-6-8-16-9-7-15/h11,13H,4-10H2,1-3H3. The smallest absolute Gasteiger partial charge is 0.192 e. The molecule has 1 unspecified atom stereocenters. The van der Waals surface area contributed by atoms with Crippen molar-refractivity contribution in [3.05, 3.63) is 0 Å². The van der Waals surface area contributed by atoms with Crippen LogP contribution in [0.25, 0.3) is 0 Å². The molecule has 2 aliphatic rings. The largest absolute Gasteiger partial charge is 0.379 e. The van der Waals surface area contributed by atoms with Crippen molar-refractivity contribution in [2.75, 3.05) is 53.0 Å². The Morgan fingerprint density at radius 1 is 1.24 bits per heavy atom. The van der Waals surface area contributed by atoms with E-state index in [1.807, 2.05) is 0 Å². The van der Waals surface area contributed by atoms with Crippen LogP contribution < -0.4 is 5.32 Å².